The summed E-state index contributed by atoms with van der Waals surface area (Å²) in [5, 5.41) is 55.1. The van der Waals surface area contributed by atoms with Crippen molar-refractivity contribution >= 4 is 0 Å². The highest BCUT2D eigenvalue weighted by Gasteiger charge is 2.45. The molecule has 0 saturated carbocycles. The second-order valence-electron chi connectivity index (χ2n) is 31.2. The van der Waals surface area contributed by atoms with E-state index < -0.39 is 286 Å². The minimum absolute atomic E-state index is 0.0266. The Balaban J connectivity index is 0.000000199. The summed E-state index contributed by atoms with van der Waals surface area (Å²) in [6.45, 7) is -16.6. The quantitative estimate of drug-likeness (QED) is 0.0520. The van der Waals surface area contributed by atoms with Gasteiger partial charge in [-0.05, 0) is 271 Å². The molecule has 10 aliphatic heterocycles. The molecule has 20 heteroatoms. The van der Waals surface area contributed by atoms with E-state index in [1.54, 1.807) is 26.0 Å². The molecule has 10 heterocycles. The molecule has 15 rings (SSSR count). The lowest BCUT2D eigenvalue weighted by molar-refractivity contribution is -0.0259. The number of benzene rings is 5. The summed E-state index contributed by atoms with van der Waals surface area (Å²) >= 11 is 0. The summed E-state index contributed by atoms with van der Waals surface area (Å²) in [6, 6.07) is 2.50. The number of aliphatic hydroxyl groups is 5. The lowest BCUT2D eigenvalue weighted by Crippen LogP contribution is -2.48. The Labute approximate surface area is 770 Å². The van der Waals surface area contributed by atoms with Crippen LogP contribution in [0.1, 0.15) is 299 Å². The van der Waals surface area contributed by atoms with E-state index in [2.05, 4.69) is 0 Å². The Hall–Kier alpha value is -6.30. The molecule has 116 heavy (non-hydrogen) atoms. The largest absolute Gasteiger partial charge is 0.493 e. The van der Waals surface area contributed by atoms with Gasteiger partial charge in [-0.1, -0.05) is 76.0 Å². The monoisotopic (exact) mass is 1660 g/mol. The molecule has 0 amide bonds. The van der Waals surface area contributed by atoms with Gasteiger partial charge in [-0.25, -0.2) is 0 Å². The van der Waals surface area contributed by atoms with Crippen LogP contribution in [-0.2, 0) is 31.9 Å². The van der Waals surface area contributed by atoms with E-state index in [1.807, 2.05) is 41.5 Å². The average Bonchev–Trinajstić information content (AvgIpc) is 0.633. The van der Waals surface area contributed by atoms with E-state index in [4.69, 9.17) is 117 Å². The van der Waals surface area contributed by atoms with Crippen molar-refractivity contribution in [3.05, 3.63) is 116 Å². The molecule has 0 aliphatic carbocycles. The first-order chi connectivity index (χ1) is 75.6. The summed E-state index contributed by atoms with van der Waals surface area (Å²) < 4.78 is 497. The van der Waals surface area contributed by atoms with Gasteiger partial charge in [0.2, 0.25) is 0 Å². The van der Waals surface area contributed by atoms with Crippen molar-refractivity contribution in [2.45, 2.75) is 233 Å². The van der Waals surface area contributed by atoms with Gasteiger partial charge in [0.1, 0.15) is 0 Å². The average molecular weight is 1660 g/mol. The number of hydrogen-bond acceptors (Lipinski definition) is 20. The standard InChI is InChI=1S/C20H31NO3.4C19H29NO3/c1-20(2,3)11-14-12-21-7-6-13-8-18(23-4)19(24-5)9-15(13)16(21)10-17(14)22;4*1-12(2)7-14-11-20-6-5-13-8-18(22-3)19(23-4)9-15(13)16(20)10-17(14)21/h8-9,14,16-17,22H,6-7,10-12H2,1-5H3;4*8-9,12,14,16-17,21H,5-7,10-11H2,1-4H3/i1D3,2D3,5D3,6D2,7D2,10D2,11D2,14D,16D,17D;4D3,5D2,6D2,10D2,14D,16D,17D;4D3,5D2,6D2,11D2;2*5D2,6D2,11D2. The minimum atomic E-state index is -4.26. The molecule has 0 aromatic heterocycles. The van der Waals surface area contributed by atoms with Crippen LogP contribution < -0.4 is 47.4 Å². The fourth-order valence-electron chi connectivity index (χ4n) is 15.3. The van der Waals surface area contributed by atoms with Crippen LogP contribution in [0.25, 0.3) is 0 Å². The molecule has 5 aromatic carbocycles. The number of rotatable bonds is 19. The molecule has 5 aromatic rings. The molecule has 0 spiro atoms. The molecule has 10 aliphatic rings. The Kier molecular flexibility index (Phi) is 15.1. The molecular weight excluding hydrogens is 1460 g/mol. The maximum Gasteiger partial charge on any atom is 0.161 e. The van der Waals surface area contributed by atoms with Crippen LogP contribution in [0.3, 0.4) is 0 Å². The van der Waals surface area contributed by atoms with Crippen molar-refractivity contribution in [2.75, 3.05) is 136 Å². The van der Waals surface area contributed by atoms with E-state index in [9.17, 15) is 28.3 Å². The van der Waals surface area contributed by atoms with Gasteiger partial charge in [0.15, 0.2) is 57.5 Å². The first-order valence-electron chi connectivity index (χ1n) is 64.9. The number of piperidine rings is 5. The highest BCUT2D eigenvalue weighted by Crippen LogP contribution is 2.51. The third kappa shape index (κ3) is 21.3. The molecule has 5 saturated heterocycles. The van der Waals surface area contributed by atoms with E-state index in [-0.39, 0.29) is 105 Å². The van der Waals surface area contributed by atoms with Gasteiger partial charge in [0, 0.05) is 150 Å². The fraction of sp³-hybridized carbons (Fsp3) is 0.688. The summed E-state index contributed by atoms with van der Waals surface area (Å²) in [5.41, 5.74) is -5.32. The van der Waals surface area contributed by atoms with Crippen LogP contribution in [0.5, 0.6) is 57.5 Å². The van der Waals surface area contributed by atoms with Gasteiger partial charge in [-0.3, -0.25) is 24.5 Å². The number of hydrogen-bond donors (Lipinski definition) is 5. The smallest absolute Gasteiger partial charge is 0.161 e. The van der Waals surface area contributed by atoms with Crippen molar-refractivity contribution in [2.24, 2.45) is 58.6 Å². The predicted molar refractivity (Wildman–Crippen MR) is 460 cm³/mol. The summed E-state index contributed by atoms with van der Waals surface area (Å²) in [6.07, 6.45) is -35.0. The van der Waals surface area contributed by atoms with E-state index in [0.29, 0.717) is 59.8 Å². The lowest BCUT2D eigenvalue weighted by atomic mass is 9.75. The van der Waals surface area contributed by atoms with Crippen molar-refractivity contribution < 1.29 is 146 Å². The summed E-state index contributed by atoms with van der Waals surface area (Å²) in [5.74, 6) is -9.93. The van der Waals surface area contributed by atoms with Crippen LogP contribution in [0.15, 0.2) is 60.7 Å². The molecule has 646 valence electrons. The molecular formula is C96H147N5O15. The zero-order valence-corrected chi connectivity index (χ0v) is 68.2. The zero-order chi connectivity index (χ0) is 130. The van der Waals surface area contributed by atoms with Crippen molar-refractivity contribution in [3.63, 3.8) is 0 Å². The van der Waals surface area contributed by atoms with E-state index in [0.717, 1.165) is 47.1 Å². The molecule has 5 fully saturated rings. The van der Waals surface area contributed by atoms with E-state index in [1.165, 1.54) is 59.8 Å². The zero-order valence-electron chi connectivity index (χ0n) is 121. The maximum atomic E-state index is 11.5. The molecule has 5 N–H and O–H groups in total. The highest BCUT2D eigenvalue weighted by atomic mass is 16.5. The van der Waals surface area contributed by atoms with Gasteiger partial charge < -0.3 is 72.9 Å². The fourth-order valence-corrected chi connectivity index (χ4v) is 15.3. The van der Waals surface area contributed by atoms with Crippen LogP contribution in [0.2, 0.25) is 0 Å². The Bertz CT molecular complexity index is 6380. The van der Waals surface area contributed by atoms with Crippen LogP contribution in [-0.4, -0.2) is 216 Å². The van der Waals surface area contributed by atoms with Crippen LogP contribution >= 0.6 is 0 Å². The number of aryl methyl sites for hydroxylation is 5. The third-order valence-electron chi connectivity index (χ3n) is 20.7. The van der Waals surface area contributed by atoms with E-state index >= 15 is 0 Å². The van der Waals surface area contributed by atoms with Crippen LogP contribution in [0.4, 0.5) is 0 Å². The predicted octanol–water partition coefficient (Wildman–Crippen LogP) is 15.5. The summed E-state index contributed by atoms with van der Waals surface area (Å²) in [4.78, 5) is 3.35. The van der Waals surface area contributed by atoms with Crippen molar-refractivity contribution in [3.8, 4) is 57.5 Å². The number of aliphatic hydroxyl groups excluding tert-OH is 3. The normalized spacial score (nSPS) is 45.2. The number of methoxy groups -OCH3 is 10. The molecule has 0 radical (unpaired) electrons. The Morgan fingerprint density at radius 3 is 0.922 bits per heavy atom. The topological polar surface area (TPSA) is 210 Å². The van der Waals surface area contributed by atoms with Gasteiger partial charge in [-0.2, -0.15) is 0 Å². The molecule has 20 nitrogen and oxygen atoms in total. The number of fused-ring (bicyclic) bond motifs is 15. The Morgan fingerprint density at radius 1 is 0.379 bits per heavy atom. The van der Waals surface area contributed by atoms with Crippen LogP contribution in [0, 0.1) is 58.6 Å². The van der Waals surface area contributed by atoms with Crippen molar-refractivity contribution in [1.82, 2.24) is 24.5 Å². The second kappa shape index (κ2) is 40.4. The molecule has 15 atom stereocenters. The summed E-state index contributed by atoms with van der Waals surface area (Å²) in [7, 11) is 0.183. The number of nitrogens with zero attached hydrogens (tertiary/aromatic N) is 5. The third-order valence-corrected chi connectivity index (χ3v) is 20.7. The minimum Gasteiger partial charge on any atom is -0.493 e. The SMILES string of the molecule is [2H]C([2H])([2H])Oc1cc2c(cc1OC)C([2H])([2H])C([2H])([2H])N1C2CC(O)C(CC(C)C)C1([2H])[2H].[2H]C([2H])([2H])Oc1cc2c(cc1OC)C([2H])([2H])C([2H])([2H])N1CC([2H])(C([2H])([2H])C(C)(C([2H])([2H])[2H])C([2H])([2H])[2H])C([2H])(O)C([2H])([2H])C21[2H].[2H]C([2H])([2H])Oc1cc2c(cc1OC)C([2H])([2H])C([2H])([2H])N1CC([2H])(CC(C)C)C([2H])(O)C([2H])([2H])C21[2H].[2H]C1([2H])C(CC(C)C)C(O)CC2c3cc(OC)c(OC)cc3C([2H])([2H])C([2H])([2H])N21.[2H]C1([2H])C(CC(C)C)C(O)CC2c3cc(OC)c(OC)cc3C([2H])([2H])C([2H])([2H])N21. The first-order valence-corrected chi connectivity index (χ1v) is 38.4. The number of ether oxygens (including phenoxy) is 10. The molecule has 0 bridgehead atoms. The second-order valence-corrected chi connectivity index (χ2v) is 31.2. The highest BCUT2D eigenvalue weighted by molar-refractivity contribution is 5.54. The van der Waals surface area contributed by atoms with Gasteiger partial charge in [0.25, 0.3) is 0 Å². The Morgan fingerprint density at radius 2 is 0.638 bits per heavy atom. The first kappa shape index (κ1) is 43.5. The molecule has 15 unspecified atom stereocenters. The van der Waals surface area contributed by atoms with Crippen molar-refractivity contribution in [1.29, 1.82) is 0 Å². The van der Waals surface area contributed by atoms with Gasteiger partial charge >= 0.3 is 0 Å². The maximum absolute atomic E-state index is 11.5. The van der Waals surface area contributed by atoms with Gasteiger partial charge in [-0.15, -0.1) is 0 Å². The van der Waals surface area contributed by atoms with Gasteiger partial charge in [0.05, 0.1) is 119 Å². The lowest BCUT2D eigenvalue weighted by Gasteiger charge is -2.47.